The molecule has 0 radical (unpaired) electrons. The summed E-state index contributed by atoms with van der Waals surface area (Å²) in [4.78, 5) is 3.63. The van der Waals surface area contributed by atoms with Crippen LogP contribution >= 0.6 is 0 Å². The van der Waals surface area contributed by atoms with Crippen LogP contribution in [0, 0.1) is 13.8 Å². The number of hydrogen-bond acceptors (Lipinski definition) is 2. The van der Waals surface area contributed by atoms with Crippen molar-refractivity contribution < 1.29 is 4.74 Å². The molecule has 3 nitrogen and oxygen atoms in total. The van der Waals surface area contributed by atoms with Gasteiger partial charge in [-0.25, -0.2) is 0 Å². The molecule has 0 saturated carbocycles. The van der Waals surface area contributed by atoms with Gasteiger partial charge in [0.2, 0.25) is 0 Å². The van der Waals surface area contributed by atoms with Crippen LogP contribution in [0.2, 0.25) is 0 Å². The first-order valence-corrected chi connectivity index (χ1v) is 8.55. The van der Waals surface area contributed by atoms with E-state index in [1.54, 1.807) is 7.11 Å². The molecule has 0 aliphatic carbocycles. The Kier molecular flexibility index (Phi) is 3.85. The second kappa shape index (κ2) is 6.17. The molecule has 0 fully saturated rings. The van der Waals surface area contributed by atoms with E-state index in [4.69, 9.17) is 4.74 Å². The van der Waals surface area contributed by atoms with Gasteiger partial charge >= 0.3 is 0 Å². The van der Waals surface area contributed by atoms with Crippen LogP contribution in [-0.4, -0.2) is 12.1 Å². The lowest BCUT2D eigenvalue weighted by atomic mass is 10.0. The maximum atomic E-state index is 5.22. The summed E-state index contributed by atoms with van der Waals surface area (Å²) in [6.45, 7) is 5.10. The third kappa shape index (κ3) is 2.72. The van der Waals surface area contributed by atoms with E-state index in [2.05, 4.69) is 66.6 Å². The van der Waals surface area contributed by atoms with Crippen molar-refractivity contribution in [3.05, 3.63) is 71.3 Å². The lowest BCUT2D eigenvalue weighted by Crippen LogP contribution is -1.99. The summed E-state index contributed by atoms with van der Waals surface area (Å²) in [7, 11) is 1.69. The molecule has 0 saturated heterocycles. The van der Waals surface area contributed by atoms with Crippen LogP contribution in [0.5, 0.6) is 5.75 Å². The number of anilines is 1. The first-order chi connectivity index (χ1) is 12.2. The average molecular weight is 330 g/mol. The molecule has 0 spiro atoms. The topological polar surface area (TPSA) is 37.0 Å². The Morgan fingerprint density at radius 2 is 1.64 bits per heavy atom. The van der Waals surface area contributed by atoms with Crippen LogP contribution in [0.15, 0.2) is 54.6 Å². The second-order valence-electron chi connectivity index (χ2n) is 6.50. The molecular weight excluding hydrogens is 308 g/mol. The maximum Gasteiger partial charge on any atom is 0.118 e. The van der Waals surface area contributed by atoms with Gasteiger partial charge in [-0.3, -0.25) is 0 Å². The summed E-state index contributed by atoms with van der Waals surface area (Å²) in [5, 5.41) is 6.17. The van der Waals surface area contributed by atoms with Gasteiger partial charge in [0.25, 0.3) is 0 Å². The van der Waals surface area contributed by atoms with Crippen molar-refractivity contribution in [1.82, 2.24) is 4.98 Å². The highest BCUT2D eigenvalue weighted by molar-refractivity contribution is 6.13. The van der Waals surface area contributed by atoms with Gasteiger partial charge in [0.15, 0.2) is 0 Å². The van der Waals surface area contributed by atoms with Crippen LogP contribution in [0.3, 0.4) is 0 Å². The molecule has 0 amide bonds. The number of aryl methyl sites for hydroxylation is 2. The van der Waals surface area contributed by atoms with Gasteiger partial charge in [0.05, 0.1) is 18.3 Å². The van der Waals surface area contributed by atoms with Gasteiger partial charge in [-0.15, -0.1) is 0 Å². The molecule has 0 aliphatic heterocycles. The molecular formula is C22H22N2O. The van der Waals surface area contributed by atoms with E-state index in [9.17, 15) is 0 Å². The number of rotatable bonds is 4. The zero-order chi connectivity index (χ0) is 17.4. The Labute approximate surface area is 147 Å². The SMILES string of the molecule is COc1ccc(CNc2cccc3c2[nH]c2c(C)ccc(C)c23)cc1. The number of aromatic amines is 1. The summed E-state index contributed by atoms with van der Waals surface area (Å²) >= 11 is 0. The van der Waals surface area contributed by atoms with Crippen LogP contribution in [0.1, 0.15) is 16.7 Å². The molecule has 1 heterocycles. The number of benzene rings is 3. The minimum atomic E-state index is 0.774. The molecule has 3 aromatic carbocycles. The van der Waals surface area contributed by atoms with E-state index in [1.807, 2.05) is 12.1 Å². The van der Waals surface area contributed by atoms with Crippen molar-refractivity contribution in [2.45, 2.75) is 20.4 Å². The van der Waals surface area contributed by atoms with E-state index in [0.29, 0.717) is 0 Å². The highest BCUT2D eigenvalue weighted by atomic mass is 16.5. The number of hydrogen-bond donors (Lipinski definition) is 2. The number of H-pyrrole nitrogens is 1. The molecule has 126 valence electrons. The zero-order valence-electron chi connectivity index (χ0n) is 14.8. The van der Waals surface area contributed by atoms with Gasteiger partial charge in [-0.05, 0) is 48.7 Å². The van der Waals surface area contributed by atoms with E-state index >= 15 is 0 Å². The summed E-state index contributed by atoms with van der Waals surface area (Å²) in [5.74, 6) is 0.882. The van der Waals surface area contributed by atoms with Crippen molar-refractivity contribution in [2.24, 2.45) is 0 Å². The number of aromatic nitrogens is 1. The fourth-order valence-corrected chi connectivity index (χ4v) is 3.43. The van der Waals surface area contributed by atoms with E-state index in [1.165, 1.54) is 38.5 Å². The Morgan fingerprint density at radius 1 is 0.880 bits per heavy atom. The molecule has 0 atom stereocenters. The maximum absolute atomic E-state index is 5.22. The van der Waals surface area contributed by atoms with Gasteiger partial charge in [-0.2, -0.15) is 0 Å². The third-order valence-corrected chi connectivity index (χ3v) is 4.85. The first-order valence-electron chi connectivity index (χ1n) is 8.55. The van der Waals surface area contributed by atoms with Crippen LogP contribution in [0.25, 0.3) is 21.8 Å². The van der Waals surface area contributed by atoms with Gasteiger partial charge in [0, 0.05) is 22.8 Å². The first kappa shape index (κ1) is 15.6. The molecule has 25 heavy (non-hydrogen) atoms. The Balaban J connectivity index is 1.72. The summed E-state index contributed by atoms with van der Waals surface area (Å²) in [6, 6.07) is 19.0. The molecule has 4 aromatic rings. The zero-order valence-corrected chi connectivity index (χ0v) is 14.8. The second-order valence-corrected chi connectivity index (χ2v) is 6.50. The molecule has 1 aromatic heterocycles. The summed E-state index contributed by atoms with van der Waals surface area (Å²) in [5.41, 5.74) is 7.33. The van der Waals surface area contributed by atoms with E-state index in [-0.39, 0.29) is 0 Å². The van der Waals surface area contributed by atoms with Crippen molar-refractivity contribution in [2.75, 3.05) is 12.4 Å². The predicted octanol–water partition coefficient (Wildman–Crippen LogP) is 5.56. The lowest BCUT2D eigenvalue weighted by Gasteiger charge is -2.08. The molecule has 0 aliphatic rings. The Morgan fingerprint density at radius 3 is 2.40 bits per heavy atom. The van der Waals surface area contributed by atoms with Gasteiger partial charge < -0.3 is 15.0 Å². The molecule has 4 rings (SSSR count). The van der Waals surface area contributed by atoms with Crippen LogP contribution < -0.4 is 10.1 Å². The number of ether oxygens (including phenoxy) is 1. The normalized spacial score (nSPS) is 11.2. The Bertz CT molecular complexity index is 1050. The third-order valence-electron chi connectivity index (χ3n) is 4.85. The number of fused-ring (bicyclic) bond motifs is 3. The van der Waals surface area contributed by atoms with Gasteiger partial charge in [0.1, 0.15) is 5.75 Å². The minimum Gasteiger partial charge on any atom is -0.497 e. The summed E-state index contributed by atoms with van der Waals surface area (Å²) < 4.78 is 5.22. The average Bonchev–Trinajstić information content (AvgIpc) is 3.05. The van der Waals surface area contributed by atoms with E-state index in [0.717, 1.165) is 18.0 Å². The smallest absolute Gasteiger partial charge is 0.118 e. The van der Waals surface area contributed by atoms with Crippen molar-refractivity contribution in [3.8, 4) is 5.75 Å². The van der Waals surface area contributed by atoms with Gasteiger partial charge in [-0.1, -0.05) is 36.4 Å². The molecule has 0 unspecified atom stereocenters. The molecule has 0 bridgehead atoms. The standard InChI is InChI=1S/C22H22N2O/c1-14-7-8-15(2)21-20(14)18-5-4-6-19(22(18)24-21)23-13-16-9-11-17(25-3)12-10-16/h4-12,23-24H,13H2,1-3H3. The fraction of sp³-hybridized carbons (Fsp3) is 0.182. The predicted molar refractivity (Wildman–Crippen MR) is 106 cm³/mol. The van der Waals surface area contributed by atoms with Crippen molar-refractivity contribution in [3.63, 3.8) is 0 Å². The quantitative estimate of drug-likeness (QED) is 0.514. The van der Waals surface area contributed by atoms with Crippen molar-refractivity contribution >= 4 is 27.5 Å². The lowest BCUT2D eigenvalue weighted by molar-refractivity contribution is 0.414. The number of nitrogens with one attached hydrogen (secondary N) is 2. The highest BCUT2D eigenvalue weighted by Crippen LogP contribution is 2.34. The van der Waals surface area contributed by atoms with E-state index < -0.39 is 0 Å². The fourth-order valence-electron chi connectivity index (χ4n) is 3.43. The number of methoxy groups -OCH3 is 1. The molecule has 3 heteroatoms. The number of para-hydroxylation sites is 1. The monoisotopic (exact) mass is 330 g/mol. The minimum absolute atomic E-state index is 0.774. The molecule has 2 N–H and O–H groups in total. The van der Waals surface area contributed by atoms with Crippen LogP contribution in [0.4, 0.5) is 5.69 Å². The Hall–Kier alpha value is -2.94. The van der Waals surface area contributed by atoms with Crippen LogP contribution in [-0.2, 0) is 6.54 Å². The largest absolute Gasteiger partial charge is 0.497 e. The summed E-state index contributed by atoms with van der Waals surface area (Å²) in [6.07, 6.45) is 0. The highest BCUT2D eigenvalue weighted by Gasteiger charge is 2.11. The van der Waals surface area contributed by atoms with Crippen molar-refractivity contribution in [1.29, 1.82) is 0 Å².